The lowest BCUT2D eigenvalue weighted by molar-refractivity contribution is 0.149. The molecule has 0 saturated carbocycles. The summed E-state index contributed by atoms with van der Waals surface area (Å²) in [6.07, 6.45) is 1.66. The van der Waals surface area contributed by atoms with Crippen LogP contribution in [0.3, 0.4) is 0 Å². The van der Waals surface area contributed by atoms with Gasteiger partial charge in [0.05, 0.1) is 24.2 Å². The lowest BCUT2D eigenvalue weighted by Gasteiger charge is -2.33. The van der Waals surface area contributed by atoms with E-state index in [0.717, 1.165) is 46.4 Å². The van der Waals surface area contributed by atoms with E-state index in [2.05, 4.69) is 78.2 Å². The SMILES string of the molecule is CCC(c1nnnn1C(C)(C)CC)N(Cc1ccccc1OC)Cc1cc2cc(C)cc(C)c2[nH]c1=O. The van der Waals surface area contributed by atoms with Crippen molar-refractivity contribution >= 4 is 10.9 Å². The van der Waals surface area contributed by atoms with Crippen LogP contribution in [0, 0.1) is 13.8 Å². The van der Waals surface area contributed by atoms with Gasteiger partial charge in [0.15, 0.2) is 5.82 Å². The molecule has 0 saturated heterocycles. The summed E-state index contributed by atoms with van der Waals surface area (Å²) in [5.74, 6) is 1.61. The van der Waals surface area contributed by atoms with Gasteiger partial charge in [-0.1, -0.05) is 43.7 Å². The number of tetrazole rings is 1. The van der Waals surface area contributed by atoms with Crippen molar-refractivity contribution in [3.63, 3.8) is 0 Å². The van der Waals surface area contributed by atoms with Crippen molar-refractivity contribution in [3.05, 3.63) is 80.9 Å². The molecule has 1 unspecified atom stereocenters. The van der Waals surface area contributed by atoms with E-state index in [-0.39, 0.29) is 17.1 Å². The summed E-state index contributed by atoms with van der Waals surface area (Å²) in [6.45, 7) is 13.7. The summed E-state index contributed by atoms with van der Waals surface area (Å²) in [5, 5.41) is 14.0. The lowest BCUT2D eigenvalue weighted by atomic mass is 10.0. The maximum absolute atomic E-state index is 13.3. The zero-order valence-electron chi connectivity index (χ0n) is 23.0. The van der Waals surface area contributed by atoms with E-state index >= 15 is 0 Å². The number of nitrogens with one attached hydrogen (secondary N) is 1. The molecule has 0 aliphatic carbocycles. The quantitative estimate of drug-likeness (QED) is 0.311. The predicted molar refractivity (Wildman–Crippen MR) is 147 cm³/mol. The van der Waals surface area contributed by atoms with Gasteiger partial charge < -0.3 is 9.72 Å². The summed E-state index contributed by atoms with van der Waals surface area (Å²) >= 11 is 0. The van der Waals surface area contributed by atoms with Crippen molar-refractivity contribution in [2.75, 3.05) is 7.11 Å². The summed E-state index contributed by atoms with van der Waals surface area (Å²) in [4.78, 5) is 18.7. The summed E-state index contributed by atoms with van der Waals surface area (Å²) in [5.41, 5.74) is 4.56. The highest BCUT2D eigenvalue weighted by Gasteiger charge is 2.31. The number of hydrogen-bond acceptors (Lipinski definition) is 6. The zero-order chi connectivity index (χ0) is 26.7. The molecule has 0 bridgehead atoms. The molecule has 2 aromatic carbocycles. The number of aryl methyl sites for hydroxylation is 2. The molecule has 0 aliphatic heterocycles. The smallest absolute Gasteiger partial charge is 0.252 e. The largest absolute Gasteiger partial charge is 0.496 e. The Kier molecular flexibility index (Phi) is 7.78. The maximum Gasteiger partial charge on any atom is 0.252 e. The van der Waals surface area contributed by atoms with Gasteiger partial charge in [-0.25, -0.2) is 4.68 Å². The number of benzene rings is 2. The normalized spacial score (nSPS) is 12.9. The Bertz CT molecular complexity index is 1440. The molecule has 0 spiro atoms. The number of para-hydroxylation sites is 1. The van der Waals surface area contributed by atoms with Crippen LogP contribution in [0.25, 0.3) is 10.9 Å². The number of aromatic amines is 1. The Morgan fingerprint density at radius 2 is 1.81 bits per heavy atom. The first-order valence-corrected chi connectivity index (χ1v) is 13.0. The van der Waals surface area contributed by atoms with Gasteiger partial charge in [-0.05, 0) is 80.1 Å². The maximum atomic E-state index is 13.3. The molecule has 2 aromatic heterocycles. The standard InChI is InChI=1S/C29H38N6O2/c1-8-24(27-31-32-33-35(27)29(5,6)9-2)34(17-21-12-10-11-13-25(21)37-7)18-23-16-22-15-19(3)14-20(4)26(22)30-28(23)36/h10-16,24H,8-9,17-18H2,1-7H3,(H,30,36). The predicted octanol–water partition coefficient (Wildman–Crippen LogP) is 5.44. The highest BCUT2D eigenvalue weighted by atomic mass is 16.5. The van der Waals surface area contributed by atoms with Crippen LogP contribution in [0.2, 0.25) is 0 Å². The molecule has 2 heterocycles. The number of H-pyrrole nitrogens is 1. The number of nitrogens with zero attached hydrogens (tertiary/aromatic N) is 5. The average Bonchev–Trinajstić information content (AvgIpc) is 3.36. The van der Waals surface area contributed by atoms with Gasteiger partial charge in [0.1, 0.15) is 5.75 Å². The van der Waals surface area contributed by atoms with Crippen LogP contribution in [0.5, 0.6) is 5.75 Å². The molecule has 8 nitrogen and oxygen atoms in total. The van der Waals surface area contributed by atoms with E-state index in [0.29, 0.717) is 18.7 Å². The third-order valence-electron chi connectivity index (χ3n) is 7.37. The zero-order valence-corrected chi connectivity index (χ0v) is 23.0. The van der Waals surface area contributed by atoms with Crippen molar-refractivity contribution in [2.45, 2.75) is 79.1 Å². The van der Waals surface area contributed by atoms with Crippen LogP contribution >= 0.6 is 0 Å². The van der Waals surface area contributed by atoms with Crippen LogP contribution in [0.15, 0.2) is 47.3 Å². The first-order chi connectivity index (χ1) is 17.7. The third kappa shape index (κ3) is 5.44. The molecule has 37 heavy (non-hydrogen) atoms. The second kappa shape index (κ2) is 10.8. The van der Waals surface area contributed by atoms with Crippen LogP contribution in [-0.2, 0) is 18.6 Å². The summed E-state index contributed by atoms with van der Waals surface area (Å²) in [7, 11) is 1.68. The molecule has 1 atom stereocenters. The van der Waals surface area contributed by atoms with Crippen molar-refractivity contribution < 1.29 is 4.74 Å². The van der Waals surface area contributed by atoms with Crippen LogP contribution in [0.1, 0.15) is 74.7 Å². The van der Waals surface area contributed by atoms with Gasteiger partial charge >= 0.3 is 0 Å². The van der Waals surface area contributed by atoms with Gasteiger partial charge in [0.25, 0.3) is 5.56 Å². The van der Waals surface area contributed by atoms with E-state index in [9.17, 15) is 4.79 Å². The number of rotatable bonds is 10. The number of ether oxygens (including phenoxy) is 1. The Morgan fingerprint density at radius 1 is 1.08 bits per heavy atom. The number of aromatic nitrogens is 5. The van der Waals surface area contributed by atoms with E-state index in [1.54, 1.807) is 7.11 Å². The lowest BCUT2D eigenvalue weighted by Crippen LogP contribution is -2.36. The fraction of sp³-hybridized carbons (Fsp3) is 0.448. The number of hydrogen-bond donors (Lipinski definition) is 1. The van der Waals surface area contributed by atoms with Crippen molar-refractivity contribution in [1.82, 2.24) is 30.1 Å². The summed E-state index contributed by atoms with van der Waals surface area (Å²) < 4.78 is 7.60. The second-order valence-corrected chi connectivity index (χ2v) is 10.4. The molecular formula is C29H38N6O2. The van der Waals surface area contributed by atoms with Gasteiger partial charge in [0.2, 0.25) is 0 Å². The Labute approximate surface area is 218 Å². The van der Waals surface area contributed by atoms with E-state index in [1.807, 2.05) is 35.9 Å². The Morgan fingerprint density at radius 3 is 2.51 bits per heavy atom. The molecule has 1 N–H and O–H groups in total. The van der Waals surface area contributed by atoms with Crippen LogP contribution < -0.4 is 10.3 Å². The van der Waals surface area contributed by atoms with Crippen molar-refractivity contribution in [3.8, 4) is 5.75 Å². The van der Waals surface area contributed by atoms with Crippen LogP contribution in [-0.4, -0.2) is 37.2 Å². The van der Waals surface area contributed by atoms with Gasteiger partial charge in [-0.2, -0.15) is 0 Å². The molecule has 0 radical (unpaired) electrons. The third-order valence-corrected chi connectivity index (χ3v) is 7.37. The second-order valence-electron chi connectivity index (χ2n) is 10.4. The van der Waals surface area contributed by atoms with Gasteiger partial charge in [-0.3, -0.25) is 9.69 Å². The fourth-order valence-electron chi connectivity index (χ4n) is 4.98. The van der Waals surface area contributed by atoms with Gasteiger partial charge in [0, 0.05) is 24.2 Å². The first-order valence-electron chi connectivity index (χ1n) is 13.0. The highest BCUT2D eigenvalue weighted by Crippen LogP contribution is 2.32. The average molecular weight is 503 g/mol. The van der Waals surface area contributed by atoms with Gasteiger partial charge in [-0.15, -0.1) is 5.10 Å². The minimum atomic E-state index is -0.238. The molecular weight excluding hydrogens is 464 g/mol. The molecule has 0 fully saturated rings. The molecule has 196 valence electrons. The molecule has 0 amide bonds. The number of methoxy groups -OCH3 is 1. The minimum Gasteiger partial charge on any atom is -0.496 e. The Hall–Kier alpha value is -3.52. The van der Waals surface area contributed by atoms with Crippen LogP contribution in [0.4, 0.5) is 0 Å². The minimum absolute atomic E-state index is 0.0761. The van der Waals surface area contributed by atoms with Crippen molar-refractivity contribution in [2.24, 2.45) is 0 Å². The highest BCUT2D eigenvalue weighted by molar-refractivity contribution is 5.82. The van der Waals surface area contributed by atoms with E-state index < -0.39 is 0 Å². The number of pyridine rings is 1. The molecule has 0 aliphatic rings. The van der Waals surface area contributed by atoms with E-state index in [1.165, 1.54) is 5.56 Å². The molecule has 4 rings (SSSR count). The molecule has 4 aromatic rings. The monoisotopic (exact) mass is 502 g/mol. The van der Waals surface area contributed by atoms with Crippen molar-refractivity contribution in [1.29, 1.82) is 0 Å². The topological polar surface area (TPSA) is 88.9 Å². The summed E-state index contributed by atoms with van der Waals surface area (Å²) in [6, 6.07) is 14.1. The molecule has 8 heteroatoms. The van der Waals surface area contributed by atoms with E-state index in [4.69, 9.17) is 4.74 Å². The Balaban J connectivity index is 1.82. The first kappa shape index (κ1) is 26.5. The fourth-order valence-corrected chi connectivity index (χ4v) is 4.98. The number of fused-ring (bicyclic) bond motifs is 1.